The molecule has 0 bridgehead atoms. The normalized spacial score (nSPS) is 10.1. The molecular weight excluding hydrogens is 303 g/mol. The lowest BCUT2D eigenvalue weighted by Gasteiger charge is -2.05. The van der Waals surface area contributed by atoms with Crippen molar-refractivity contribution in [3.05, 3.63) is 63.6 Å². The zero-order chi connectivity index (χ0) is 14.7. The van der Waals surface area contributed by atoms with Gasteiger partial charge in [-0.05, 0) is 42.5 Å². The third-order valence-corrected chi connectivity index (χ3v) is 2.85. The second kappa shape index (κ2) is 5.94. The molecule has 1 N–H and O–H groups in total. The quantitative estimate of drug-likeness (QED) is 0.689. The van der Waals surface area contributed by atoms with E-state index in [1.165, 1.54) is 42.5 Å². The summed E-state index contributed by atoms with van der Waals surface area (Å²) in [4.78, 5) is 22.6. The molecule has 0 aliphatic carbocycles. The molecule has 2 aromatic carbocycles. The molecule has 2 aromatic rings. The molecule has 102 valence electrons. The Morgan fingerprint density at radius 1 is 0.900 bits per heavy atom. The Morgan fingerprint density at radius 2 is 1.45 bits per heavy atom. The van der Waals surface area contributed by atoms with E-state index in [2.05, 4.69) is 0 Å². The van der Waals surface area contributed by atoms with E-state index in [0.29, 0.717) is 10.0 Å². The fourth-order valence-electron chi connectivity index (χ4n) is 1.50. The maximum absolute atomic E-state index is 11.9. The molecule has 0 fully saturated rings. The van der Waals surface area contributed by atoms with Crippen LogP contribution in [0.5, 0.6) is 5.75 Å². The number of ether oxygens (including phenoxy) is 1. The monoisotopic (exact) mass is 310 g/mol. The first kappa shape index (κ1) is 14.4. The molecule has 0 aliphatic heterocycles. The van der Waals surface area contributed by atoms with Crippen molar-refractivity contribution in [2.45, 2.75) is 0 Å². The Balaban J connectivity index is 2.16. The van der Waals surface area contributed by atoms with Gasteiger partial charge in [-0.1, -0.05) is 23.2 Å². The predicted molar refractivity (Wildman–Crippen MR) is 74.8 cm³/mol. The Kier molecular flexibility index (Phi) is 4.27. The summed E-state index contributed by atoms with van der Waals surface area (Å²) in [6, 6.07) is 9.84. The Labute approximate surface area is 124 Å². The molecule has 20 heavy (non-hydrogen) atoms. The summed E-state index contributed by atoms with van der Waals surface area (Å²) in [6.07, 6.45) is 0. The van der Waals surface area contributed by atoms with E-state index >= 15 is 0 Å². The van der Waals surface area contributed by atoms with Gasteiger partial charge in [-0.15, -0.1) is 0 Å². The van der Waals surface area contributed by atoms with Crippen molar-refractivity contribution < 1.29 is 19.4 Å². The third-order valence-electron chi connectivity index (χ3n) is 2.41. The molecule has 0 saturated heterocycles. The smallest absolute Gasteiger partial charge is 0.343 e. The average Bonchev–Trinajstić information content (AvgIpc) is 2.38. The molecular formula is C14H8Cl2O4. The zero-order valence-corrected chi connectivity index (χ0v) is 11.5. The largest absolute Gasteiger partial charge is 0.478 e. The van der Waals surface area contributed by atoms with E-state index in [9.17, 15) is 9.59 Å². The highest BCUT2D eigenvalue weighted by Gasteiger charge is 2.11. The van der Waals surface area contributed by atoms with E-state index in [1.54, 1.807) is 0 Å². The number of carboxylic acid groups (broad SMARTS) is 1. The number of hydrogen-bond acceptors (Lipinski definition) is 3. The first-order chi connectivity index (χ1) is 9.45. The lowest BCUT2D eigenvalue weighted by atomic mass is 10.2. The van der Waals surface area contributed by atoms with Gasteiger partial charge in [0.25, 0.3) is 0 Å². The van der Waals surface area contributed by atoms with Crippen LogP contribution in [0.15, 0.2) is 42.5 Å². The molecule has 4 nitrogen and oxygen atoms in total. The van der Waals surface area contributed by atoms with Crippen LogP contribution in [-0.4, -0.2) is 17.0 Å². The minimum atomic E-state index is -1.05. The van der Waals surface area contributed by atoms with Gasteiger partial charge in [-0.2, -0.15) is 0 Å². The summed E-state index contributed by atoms with van der Waals surface area (Å²) in [7, 11) is 0. The molecule has 0 spiro atoms. The lowest BCUT2D eigenvalue weighted by molar-refractivity contribution is 0.0696. The Bertz CT molecular complexity index is 645. The van der Waals surface area contributed by atoms with Gasteiger partial charge in [-0.25, -0.2) is 9.59 Å². The van der Waals surface area contributed by atoms with Crippen molar-refractivity contribution in [2.75, 3.05) is 0 Å². The van der Waals surface area contributed by atoms with E-state index in [4.69, 9.17) is 33.0 Å². The van der Waals surface area contributed by atoms with Crippen LogP contribution in [-0.2, 0) is 0 Å². The van der Waals surface area contributed by atoms with Crippen molar-refractivity contribution in [3.8, 4) is 5.75 Å². The van der Waals surface area contributed by atoms with Gasteiger partial charge in [-0.3, -0.25) is 0 Å². The summed E-state index contributed by atoms with van der Waals surface area (Å²) in [5.74, 6) is -1.45. The minimum absolute atomic E-state index is 0.107. The van der Waals surface area contributed by atoms with Crippen molar-refractivity contribution in [1.82, 2.24) is 0 Å². The third kappa shape index (κ3) is 3.50. The fourth-order valence-corrected chi connectivity index (χ4v) is 2.03. The number of carboxylic acids is 1. The Morgan fingerprint density at radius 3 is 1.95 bits per heavy atom. The topological polar surface area (TPSA) is 63.6 Å². The van der Waals surface area contributed by atoms with Gasteiger partial charge in [0.1, 0.15) is 5.75 Å². The average molecular weight is 311 g/mol. The van der Waals surface area contributed by atoms with Crippen molar-refractivity contribution in [3.63, 3.8) is 0 Å². The van der Waals surface area contributed by atoms with Gasteiger partial charge in [0.15, 0.2) is 0 Å². The summed E-state index contributed by atoms with van der Waals surface area (Å²) >= 11 is 11.6. The van der Waals surface area contributed by atoms with Crippen LogP contribution < -0.4 is 4.74 Å². The van der Waals surface area contributed by atoms with Gasteiger partial charge < -0.3 is 9.84 Å². The predicted octanol–water partition coefficient (Wildman–Crippen LogP) is 3.91. The van der Waals surface area contributed by atoms with Gasteiger partial charge >= 0.3 is 11.9 Å². The number of halogens is 2. The number of benzene rings is 2. The number of esters is 1. The second-order valence-corrected chi connectivity index (χ2v) is 4.75. The van der Waals surface area contributed by atoms with E-state index in [0.717, 1.165) is 0 Å². The van der Waals surface area contributed by atoms with E-state index in [1.807, 2.05) is 0 Å². The summed E-state index contributed by atoms with van der Waals surface area (Å²) < 4.78 is 5.10. The maximum atomic E-state index is 11.9. The number of hydrogen-bond donors (Lipinski definition) is 1. The fraction of sp³-hybridized carbons (Fsp3) is 0. The van der Waals surface area contributed by atoms with Crippen LogP contribution in [0.4, 0.5) is 0 Å². The second-order valence-electron chi connectivity index (χ2n) is 3.88. The van der Waals surface area contributed by atoms with Crippen molar-refractivity contribution >= 4 is 35.1 Å². The van der Waals surface area contributed by atoms with Gasteiger partial charge in [0, 0.05) is 10.0 Å². The molecule has 0 atom stereocenters. The molecule has 0 amide bonds. The van der Waals surface area contributed by atoms with E-state index in [-0.39, 0.29) is 16.9 Å². The number of carbonyl (C=O) groups is 2. The van der Waals surface area contributed by atoms with Gasteiger partial charge in [0.2, 0.25) is 0 Å². The Hall–Kier alpha value is -2.04. The van der Waals surface area contributed by atoms with Crippen LogP contribution >= 0.6 is 23.2 Å². The highest BCUT2D eigenvalue weighted by molar-refractivity contribution is 6.35. The lowest BCUT2D eigenvalue weighted by Crippen LogP contribution is -2.08. The summed E-state index contributed by atoms with van der Waals surface area (Å²) in [5, 5.41) is 9.41. The summed E-state index contributed by atoms with van der Waals surface area (Å²) in [6.45, 7) is 0. The molecule has 2 rings (SSSR count). The molecule has 0 heterocycles. The molecule has 0 radical (unpaired) electrons. The number of aromatic carboxylic acids is 1. The SMILES string of the molecule is O=C(O)c1ccc(OC(=O)c2cc(Cl)cc(Cl)c2)cc1. The first-order valence-corrected chi connectivity index (χ1v) is 6.23. The van der Waals surface area contributed by atoms with Crippen molar-refractivity contribution in [2.24, 2.45) is 0 Å². The summed E-state index contributed by atoms with van der Waals surface area (Å²) in [5.41, 5.74) is 0.320. The van der Waals surface area contributed by atoms with Crippen LogP contribution in [0.3, 0.4) is 0 Å². The van der Waals surface area contributed by atoms with Crippen LogP contribution in [0.2, 0.25) is 10.0 Å². The molecule has 6 heteroatoms. The van der Waals surface area contributed by atoms with Crippen molar-refractivity contribution in [1.29, 1.82) is 0 Å². The van der Waals surface area contributed by atoms with Crippen LogP contribution in [0.25, 0.3) is 0 Å². The zero-order valence-electron chi connectivity index (χ0n) is 9.97. The minimum Gasteiger partial charge on any atom is -0.478 e. The highest BCUT2D eigenvalue weighted by atomic mass is 35.5. The maximum Gasteiger partial charge on any atom is 0.343 e. The van der Waals surface area contributed by atoms with Crippen LogP contribution in [0.1, 0.15) is 20.7 Å². The first-order valence-electron chi connectivity index (χ1n) is 5.47. The molecule has 0 saturated carbocycles. The van der Waals surface area contributed by atoms with Crippen LogP contribution in [0, 0.1) is 0 Å². The molecule has 0 unspecified atom stereocenters. The number of rotatable bonds is 3. The molecule has 0 aliphatic rings. The molecule has 0 aromatic heterocycles. The number of carbonyl (C=O) groups excluding carboxylic acids is 1. The standard InChI is InChI=1S/C14H8Cl2O4/c15-10-5-9(6-11(16)7-10)14(19)20-12-3-1-8(2-4-12)13(17)18/h1-7H,(H,17,18). The van der Waals surface area contributed by atoms with Gasteiger partial charge in [0.05, 0.1) is 11.1 Å². The highest BCUT2D eigenvalue weighted by Crippen LogP contribution is 2.21. The van der Waals surface area contributed by atoms with E-state index < -0.39 is 11.9 Å².